The molecule has 1 aromatic carbocycles. The number of fused-ring (bicyclic) bond motifs is 2. The number of nitrogens with zero attached hydrogens (tertiary/aromatic N) is 2. The van der Waals surface area contributed by atoms with E-state index in [2.05, 4.69) is 0 Å². The van der Waals surface area contributed by atoms with E-state index in [9.17, 15) is 111 Å². The van der Waals surface area contributed by atoms with Crippen molar-refractivity contribution in [2.24, 2.45) is 0 Å². The highest BCUT2D eigenvalue weighted by Crippen LogP contribution is 2.58. The Morgan fingerprint density at radius 2 is 0.635 bits per heavy atom. The number of aromatic nitrogens is 2. The molecule has 0 aliphatic heterocycles. The Hall–Kier alpha value is -3.82. The largest absolute Gasteiger partial charge is 0.460 e. The molecule has 30 heteroatoms. The van der Waals surface area contributed by atoms with Gasteiger partial charge in [0.2, 0.25) is 0 Å². The van der Waals surface area contributed by atoms with Crippen LogP contribution in [0.25, 0.3) is 21.5 Å². The van der Waals surface area contributed by atoms with Crippen molar-refractivity contribution in [1.29, 1.82) is 0 Å². The van der Waals surface area contributed by atoms with E-state index in [1.807, 2.05) is 0 Å². The Bertz CT molecular complexity index is 2020. The first kappa shape index (κ1) is 42.6. The maximum Gasteiger partial charge on any atom is 0.460 e. The monoisotopic (exact) mass is 832 g/mol. The zero-order chi connectivity index (χ0) is 41.3. The van der Waals surface area contributed by atoms with Gasteiger partial charge in [-0.2, -0.15) is 101 Å². The average Bonchev–Trinajstić information content (AvgIpc) is 3.31. The molecular weight excluding hydrogens is 829 g/mol. The minimum Gasteiger partial charge on any atom is -0.269 e. The highest BCUT2D eigenvalue weighted by molar-refractivity contribution is 6.41. The Kier molecular flexibility index (Phi) is 9.29. The molecule has 52 heavy (non-hydrogen) atoms. The predicted octanol–water partition coefficient (Wildman–Crippen LogP) is 7.16. The average molecular weight is 833 g/mol. The van der Waals surface area contributed by atoms with E-state index in [4.69, 9.17) is 11.6 Å². The topological polar surface area (TPSA) is 78.1 Å². The quantitative estimate of drug-likeness (QED) is 0.215. The van der Waals surface area contributed by atoms with Crippen molar-refractivity contribution in [3.8, 4) is 0 Å². The molecule has 0 saturated carbocycles. The fourth-order valence-corrected chi connectivity index (χ4v) is 4.77. The highest BCUT2D eigenvalue weighted by Gasteiger charge is 2.83. The van der Waals surface area contributed by atoms with Crippen molar-refractivity contribution in [3.63, 3.8) is 0 Å². The number of hydrogen-bond donors (Lipinski definition) is 0. The standard InChI is InChI=1S/C22H4ClF23N2O4/c23-8-5-3(9(49)47(11(5)51)1-13(24,25)16(30,31)20(38,39)40)7(15(28,29)18(34,35)19(36,37)22(44,45)46)4-6(8)12(52)48(10(4)50)2-14(26,27)17(32,33)21(41,42)43/h1-2H2. The van der Waals surface area contributed by atoms with Gasteiger partial charge in [0.25, 0.3) is 22.2 Å². The Balaban J connectivity index is 2.71. The zero-order valence-electron chi connectivity index (χ0n) is 23.0. The van der Waals surface area contributed by atoms with Crippen LogP contribution in [0.3, 0.4) is 0 Å². The van der Waals surface area contributed by atoms with Crippen LogP contribution in [0.1, 0.15) is 5.56 Å². The molecule has 3 rings (SSSR count). The van der Waals surface area contributed by atoms with Crippen LogP contribution in [-0.2, 0) is 19.0 Å². The van der Waals surface area contributed by atoms with Gasteiger partial charge in [0.15, 0.2) is 0 Å². The molecule has 0 saturated heterocycles. The molecule has 0 fully saturated rings. The smallest absolute Gasteiger partial charge is 0.269 e. The second kappa shape index (κ2) is 11.3. The third-order valence-electron chi connectivity index (χ3n) is 7.08. The fraction of sp³-hybridized carbons (Fsp3) is 0.545. The van der Waals surface area contributed by atoms with E-state index >= 15 is 8.78 Å². The van der Waals surface area contributed by atoms with Crippen LogP contribution in [0.5, 0.6) is 0 Å². The summed E-state index contributed by atoms with van der Waals surface area (Å²) in [5.74, 6) is -52.3. The molecule has 0 spiro atoms. The van der Waals surface area contributed by atoms with Gasteiger partial charge >= 0.3 is 60.0 Å². The molecule has 0 aliphatic carbocycles. The molecule has 0 N–H and O–H groups in total. The van der Waals surface area contributed by atoms with Gasteiger partial charge in [0.1, 0.15) is 0 Å². The second-order valence-electron chi connectivity index (χ2n) is 10.4. The molecule has 0 unspecified atom stereocenters. The van der Waals surface area contributed by atoms with E-state index in [1.54, 1.807) is 0 Å². The maximum absolute atomic E-state index is 15.5. The van der Waals surface area contributed by atoms with Crippen LogP contribution in [0, 0.1) is 0 Å². The number of hydrogen-bond acceptors (Lipinski definition) is 4. The van der Waals surface area contributed by atoms with Crippen LogP contribution in [0.15, 0.2) is 19.2 Å². The summed E-state index contributed by atoms with van der Waals surface area (Å²) in [5, 5.41) is -14.0. The lowest BCUT2D eigenvalue weighted by Crippen LogP contribution is -2.59. The summed E-state index contributed by atoms with van der Waals surface area (Å²) in [4.78, 5) is 51.2. The Labute approximate surface area is 269 Å². The summed E-state index contributed by atoms with van der Waals surface area (Å²) in [6.45, 7) is -7.39. The number of rotatable bonds is 9. The predicted molar refractivity (Wildman–Crippen MR) is 122 cm³/mol. The first-order valence-electron chi connectivity index (χ1n) is 12.1. The molecule has 0 aliphatic rings. The summed E-state index contributed by atoms with van der Waals surface area (Å²) in [6, 6.07) is 0. The third kappa shape index (κ3) is 5.48. The van der Waals surface area contributed by atoms with Gasteiger partial charge in [-0.3, -0.25) is 28.3 Å². The number of benzene rings is 1. The van der Waals surface area contributed by atoms with Gasteiger partial charge in [-0.15, -0.1) is 0 Å². The molecule has 3 aromatic rings. The van der Waals surface area contributed by atoms with Crippen molar-refractivity contribution >= 4 is 33.1 Å². The van der Waals surface area contributed by atoms with E-state index in [-0.39, 0.29) is 0 Å². The first-order chi connectivity index (χ1) is 22.6. The van der Waals surface area contributed by atoms with Crippen LogP contribution in [0.2, 0.25) is 5.02 Å². The second-order valence-corrected chi connectivity index (χ2v) is 10.7. The first-order valence-corrected chi connectivity index (χ1v) is 12.5. The lowest BCUT2D eigenvalue weighted by atomic mass is 9.90. The van der Waals surface area contributed by atoms with Crippen molar-refractivity contribution in [2.45, 2.75) is 73.1 Å². The number of alkyl halides is 23. The van der Waals surface area contributed by atoms with Crippen LogP contribution in [-0.4, -0.2) is 63.2 Å². The van der Waals surface area contributed by atoms with E-state index in [0.717, 1.165) is 0 Å². The highest BCUT2D eigenvalue weighted by atomic mass is 35.5. The van der Waals surface area contributed by atoms with Gasteiger partial charge in [-0.25, -0.2) is 0 Å². The molecular formula is C22H4ClF23N2O4. The minimum atomic E-state index is -8.19. The van der Waals surface area contributed by atoms with Crippen molar-refractivity contribution in [2.75, 3.05) is 0 Å². The molecule has 294 valence electrons. The summed E-state index contributed by atoms with van der Waals surface area (Å²) in [6.07, 6.45) is -22.5. The van der Waals surface area contributed by atoms with Crippen LogP contribution < -0.4 is 22.2 Å². The summed E-state index contributed by atoms with van der Waals surface area (Å²) >= 11 is 5.43. The summed E-state index contributed by atoms with van der Waals surface area (Å²) < 4.78 is 309. The summed E-state index contributed by atoms with van der Waals surface area (Å²) in [5.41, 5.74) is -16.9. The number of halogens is 24. The lowest BCUT2D eigenvalue weighted by Gasteiger charge is -2.34. The third-order valence-corrected chi connectivity index (χ3v) is 7.46. The van der Waals surface area contributed by atoms with Crippen LogP contribution in [0.4, 0.5) is 101 Å². The van der Waals surface area contributed by atoms with Gasteiger partial charge in [0, 0.05) is 0 Å². The molecule has 0 radical (unpaired) electrons. The maximum atomic E-state index is 15.5. The molecule has 2 aromatic heterocycles. The fourth-order valence-electron chi connectivity index (χ4n) is 4.42. The normalized spacial score (nSPS) is 15.4. The molecule has 0 bridgehead atoms. The molecule has 0 atom stereocenters. The molecule has 2 heterocycles. The van der Waals surface area contributed by atoms with Crippen molar-refractivity contribution in [3.05, 3.63) is 52.0 Å². The van der Waals surface area contributed by atoms with E-state index in [0.29, 0.717) is 0 Å². The van der Waals surface area contributed by atoms with E-state index < -0.39 is 137 Å². The summed E-state index contributed by atoms with van der Waals surface area (Å²) in [7, 11) is 0. The zero-order valence-corrected chi connectivity index (χ0v) is 23.8. The van der Waals surface area contributed by atoms with Crippen LogP contribution >= 0.6 is 11.6 Å². The van der Waals surface area contributed by atoms with Crippen molar-refractivity contribution in [1.82, 2.24) is 9.13 Å². The SMILES string of the molecule is O=c1c2c(Cl)c3c(=O)n(CC(F)(F)C(F)(F)C(F)(F)F)c(=O)c3c(C(F)(F)C(F)(F)C(F)(F)C(F)(F)F)c2c(=O)n1CC(F)(F)C(F)(F)C(F)(F)F. The van der Waals surface area contributed by atoms with Gasteiger partial charge in [-0.05, 0) is 0 Å². The Morgan fingerprint density at radius 3 is 0.885 bits per heavy atom. The van der Waals surface area contributed by atoms with Gasteiger partial charge in [-0.1, -0.05) is 11.6 Å². The Morgan fingerprint density at radius 1 is 0.385 bits per heavy atom. The van der Waals surface area contributed by atoms with E-state index in [1.165, 1.54) is 0 Å². The lowest BCUT2D eigenvalue weighted by molar-refractivity contribution is -0.399. The van der Waals surface area contributed by atoms with Gasteiger partial charge < -0.3 is 0 Å². The van der Waals surface area contributed by atoms with Gasteiger partial charge in [0.05, 0.1) is 45.2 Å². The molecule has 6 nitrogen and oxygen atoms in total. The molecule has 0 amide bonds. The minimum absolute atomic E-state index is 1.74. The van der Waals surface area contributed by atoms with Crippen molar-refractivity contribution < 1.29 is 101 Å².